The minimum atomic E-state index is 0.953. The minimum Gasteiger partial charge on any atom is -0.353 e. The van der Waals surface area contributed by atoms with E-state index in [9.17, 15) is 0 Å². The molecule has 0 saturated heterocycles. The summed E-state index contributed by atoms with van der Waals surface area (Å²) in [6.07, 6.45) is 0. The van der Waals surface area contributed by atoms with Crippen LogP contribution in [0.5, 0.6) is 0 Å². The zero-order valence-electron chi connectivity index (χ0n) is 8.36. The van der Waals surface area contributed by atoms with Gasteiger partial charge in [0.05, 0.1) is 16.7 Å². The van der Waals surface area contributed by atoms with Crippen molar-refractivity contribution in [2.24, 2.45) is 0 Å². The molecule has 0 fully saturated rings. The summed E-state index contributed by atoms with van der Waals surface area (Å²) in [5.41, 5.74) is 3.16. The summed E-state index contributed by atoms with van der Waals surface area (Å²) in [7, 11) is 0. The number of anilines is 2. The molecular weight excluding hydrogens is 234 g/mol. The number of thiocarbonyl (C=S) groups is 1. The van der Waals surface area contributed by atoms with E-state index in [1.807, 2.05) is 24.3 Å². The van der Waals surface area contributed by atoms with Crippen LogP contribution in [0.4, 0.5) is 11.4 Å². The second-order valence-corrected chi connectivity index (χ2v) is 4.79. The molecule has 1 nitrogen and oxygen atoms in total. The smallest absolute Gasteiger partial charge is 0.0658 e. The van der Waals surface area contributed by atoms with Gasteiger partial charge in [-0.1, -0.05) is 48.2 Å². The first-order valence-electron chi connectivity index (χ1n) is 4.93. The predicted octanol–water partition coefficient (Wildman–Crippen LogP) is 4.12. The third-order valence-corrected chi connectivity index (χ3v) is 3.86. The van der Waals surface area contributed by atoms with E-state index in [4.69, 9.17) is 12.2 Å². The van der Waals surface area contributed by atoms with Gasteiger partial charge in [-0.05, 0) is 18.2 Å². The Morgan fingerprint density at radius 3 is 2.69 bits per heavy atom. The topological polar surface area (TPSA) is 12.0 Å². The molecule has 1 heterocycles. The molecule has 1 radical (unpaired) electrons. The predicted molar refractivity (Wildman–Crippen MR) is 72.0 cm³/mol. The van der Waals surface area contributed by atoms with E-state index in [-0.39, 0.29) is 0 Å². The zero-order chi connectivity index (χ0) is 11.0. The molecule has 0 aliphatic carbocycles. The van der Waals surface area contributed by atoms with Crippen molar-refractivity contribution in [3.05, 3.63) is 48.0 Å². The maximum absolute atomic E-state index is 4.90. The first kappa shape index (κ1) is 9.87. The lowest BCUT2D eigenvalue weighted by atomic mass is 10.2. The highest BCUT2D eigenvalue weighted by Gasteiger charge is 2.16. The van der Waals surface area contributed by atoms with Gasteiger partial charge in [-0.3, -0.25) is 0 Å². The largest absolute Gasteiger partial charge is 0.353 e. The van der Waals surface area contributed by atoms with Crippen LogP contribution in [0.2, 0.25) is 0 Å². The lowest BCUT2D eigenvalue weighted by Gasteiger charge is -2.21. The number of hydrogen-bond donors (Lipinski definition) is 1. The molecule has 16 heavy (non-hydrogen) atoms. The van der Waals surface area contributed by atoms with Crippen LogP contribution in [0.1, 0.15) is 5.56 Å². The first-order valence-corrected chi connectivity index (χ1v) is 6.16. The van der Waals surface area contributed by atoms with Crippen LogP contribution < -0.4 is 5.32 Å². The van der Waals surface area contributed by atoms with Gasteiger partial charge in [0.25, 0.3) is 0 Å². The number of hydrogen-bond acceptors (Lipinski definition) is 3. The average molecular weight is 242 g/mol. The van der Waals surface area contributed by atoms with Crippen LogP contribution in [0, 0.1) is 0 Å². The summed E-state index contributed by atoms with van der Waals surface area (Å²) in [6, 6.07) is 14.4. The molecule has 0 saturated carbocycles. The van der Waals surface area contributed by atoms with Crippen molar-refractivity contribution in [3.63, 3.8) is 0 Å². The van der Waals surface area contributed by atoms with Crippen molar-refractivity contribution >= 4 is 40.7 Å². The molecular formula is C13H8NS2. The van der Waals surface area contributed by atoms with Crippen LogP contribution in [0.3, 0.4) is 0 Å². The summed E-state index contributed by atoms with van der Waals surface area (Å²) in [6.45, 7) is 0. The average Bonchev–Trinajstić information content (AvgIpc) is 2.35. The molecule has 1 aliphatic rings. The molecule has 2 aromatic carbocycles. The van der Waals surface area contributed by atoms with Crippen molar-refractivity contribution < 1.29 is 0 Å². The van der Waals surface area contributed by atoms with Gasteiger partial charge in [0, 0.05) is 15.4 Å². The monoisotopic (exact) mass is 242 g/mol. The van der Waals surface area contributed by atoms with Crippen molar-refractivity contribution in [2.45, 2.75) is 9.79 Å². The molecule has 0 aromatic heterocycles. The highest BCUT2D eigenvalue weighted by atomic mass is 32.2. The van der Waals surface area contributed by atoms with Crippen LogP contribution in [0.15, 0.2) is 52.3 Å². The molecule has 3 rings (SSSR count). The van der Waals surface area contributed by atoms with E-state index >= 15 is 0 Å². The van der Waals surface area contributed by atoms with E-state index in [0.717, 1.165) is 16.9 Å². The van der Waals surface area contributed by atoms with Gasteiger partial charge in [-0.2, -0.15) is 0 Å². The molecule has 0 bridgehead atoms. The SMILES string of the molecule is S=[C]c1cccc2c1Nc1ccccc1S2. The minimum absolute atomic E-state index is 0.953. The van der Waals surface area contributed by atoms with Gasteiger partial charge in [-0.15, -0.1) is 0 Å². The molecule has 0 amide bonds. The van der Waals surface area contributed by atoms with E-state index in [1.54, 1.807) is 11.8 Å². The molecule has 2 aromatic rings. The van der Waals surface area contributed by atoms with Gasteiger partial charge in [0.2, 0.25) is 0 Å². The third-order valence-electron chi connectivity index (χ3n) is 2.50. The Labute approximate surface area is 104 Å². The Bertz CT molecular complexity index is 564. The summed E-state index contributed by atoms with van der Waals surface area (Å²) in [4.78, 5) is 2.45. The van der Waals surface area contributed by atoms with Crippen LogP contribution in [0.25, 0.3) is 0 Å². The fourth-order valence-corrected chi connectivity index (χ4v) is 2.93. The zero-order valence-corrected chi connectivity index (χ0v) is 9.99. The number of nitrogens with one attached hydrogen (secondary N) is 1. The summed E-state index contributed by atoms with van der Waals surface area (Å²) >= 11 is 6.67. The van der Waals surface area contributed by atoms with Crippen LogP contribution in [-0.4, -0.2) is 5.37 Å². The fourth-order valence-electron chi connectivity index (χ4n) is 1.74. The maximum atomic E-state index is 4.90. The quantitative estimate of drug-likeness (QED) is 0.645. The number of para-hydroxylation sites is 2. The molecule has 0 spiro atoms. The van der Waals surface area contributed by atoms with Crippen LogP contribution in [-0.2, 0) is 0 Å². The first-order chi connectivity index (χ1) is 7.88. The normalized spacial score (nSPS) is 12.2. The van der Waals surface area contributed by atoms with Gasteiger partial charge in [-0.25, -0.2) is 0 Å². The van der Waals surface area contributed by atoms with E-state index in [2.05, 4.69) is 28.9 Å². The Morgan fingerprint density at radius 1 is 1.00 bits per heavy atom. The second kappa shape index (κ2) is 3.92. The van der Waals surface area contributed by atoms with Crippen molar-refractivity contribution in [1.82, 2.24) is 0 Å². The van der Waals surface area contributed by atoms with Crippen molar-refractivity contribution in [1.29, 1.82) is 0 Å². The Morgan fingerprint density at radius 2 is 1.81 bits per heavy atom. The van der Waals surface area contributed by atoms with Crippen molar-refractivity contribution in [2.75, 3.05) is 5.32 Å². The Kier molecular flexibility index (Phi) is 2.42. The summed E-state index contributed by atoms with van der Waals surface area (Å²) in [5.74, 6) is 0. The van der Waals surface area contributed by atoms with E-state index in [0.29, 0.717) is 0 Å². The maximum Gasteiger partial charge on any atom is 0.0658 e. The highest BCUT2D eigenvalue weighted by molar-refractivity contribution is 7.99. The lowest BCUT2D eigenvalue weighted by Crippen LogP contribution is -2.02. The Balaban J connectivity index is 2.15. The lowest BCUT2D eigenvalue weighted by molar-refractivity contribution is 1.31. The highest BCUT2D eigenvalue weighted by Crippen LogP contribution is 2.44. The Hall–Kier alpha value is -1.32. The standard InChI is InChI=1S/C13H8NS2/c15-8-9-4-3-7-12-13(9)14-10-5-1-2-6-11(10)16-12/h1-7,14H. The summed E-state index contributed by atoms with van der Waals surface area (Å²) in [5, 5.41) is 6.20. The van der Waals surface area contributed by atoms with Gasteiger partial charge >= 0.3 is 0 Å². The molecule has 3 heteroatoms. The molecule has 0 unspecified atom stereocenters. The van der Waals surface area contributed by atoms with Gasteiger partial charge in [0.15, 0.2) is 0 Å². The van der Waals surface area contributed by atoms with Crippen LogP contribution >= 0.6 is 24.0 Å². The molecule has 0 atom stereocenters. The molecule has 1 aliphatic heterocycles. The van der Waals surface area contributed by atoms with Gasteiger partial charge in [0.1, 0.15) is 0 Å². The third kappa shape index (κ3) is 1.52. The summed E-state index contributed by atoms with van der Waals surface area (Å²) < 4.78 is 0. The van der Waals surface area contributed by atoms with E-state index in [1.165, 1.54) is 9.79 Å². The van der Waals surface area contributed by atoms with E-state index < -0.39 is 0 Å². The molecule has 1 N–H and O–H groups in total. The number of benzene rings is 2. The fraction of sp³-hybridized carbons (Fsp3) is 0. The number of rotatable bonds is 1. The van der Waals surface area contributed by atoms with Crippen molar-refractivity contribution in [3.8, 4) is 0 Å². The van der Waals surface area contributed by atoms with Gasteiger partial charge < -0.3 is 5.32 Å². The second-order valence-electron chi connectivity index (χ2n) is 3.50. The molecule has 77 valence electrons. The number of fused-ring (bicyclic) bond motifs is 2.